The van der Waals surface area contributed by atoms with E-state index in [-0.39, 0.29) is 10.1 Å². The van der Waals surface area contributed by atoms with Gasteiger partial charge in [0.25, 0.3) is 10.0 Å². The molecule has 0 aliphatic carbocycles. The number of carbonyl (C=O) groups is 1. The number of methoxy groups -OCH3 is 1. The molecular weight excluding hydrogens is 348 g/mol. The van der Waals surface area contributed by atoms with Crippen LogP contribution in [-0.2, 0) is 21.2 Å². The Morgan fingerprint density at radius 2 is 2.00 bits per heavy atom. The zero-order chi connectivity index (χ0) is 17.7. The average molecular weight is 368 g/mol. The molecule has 0 aliphatic heterocycles. The quantitative estimate of drug-likeness (QED) is 0.787. The summed E-state index contributed by atoms with van der Waals surface area (Å²) in [5, 5.41) is 2.69. The second-order valence-electron chi connectivity index (χ2n) is 5.26. The Morgan fingerprint density at radius 3 is 2.67 bits per heavy atom. The van der Waals surface area contributed by atoms with Gasteiger partial charge in [-0.15, -0.1) is 11.3 Å². The molecule has 2 rings (SSSR count). The number of rotatable bonds is 7. The summed E-state index contributed by atoms with van der Waals surface area (Å²) in [5.41, 5.74) is 1.33. The van der Waals surface area contributed by atoms with Crippen molar-refractivity contribution in [1.82, 2.24) is 5.32 Å². The van der Waals surface area contributed by atoms with Crippen molar-refractivity contribution >= 4 is 33.0 Å². The lowest BCUT2D eigenvalue weighted by Crippen LogP contribution is -2.22. The van der Waals surface area contributed by atoms with Crippen molar-refractivity contribution in [2.75, 3.05) is 18.4 Å². The molecular formula is C16H20N2O4S2. The Kier molecular flexibility index (Phi) is 5.84. The molecule has 1 aromatic heterocycles. The SMILES string of the molecule is COc1ccc(C)cc1NS(=O)(=O)c1ccc(CCNC(C)=O)s1. The van der Waals surface area contributed by atoms with Crippen molar-refractivity contribution < 1.29 is 17.9 Å². The number of thiophene rings is 1. The van der Waals surface area contributed by atoms with Gasteiger partial charge in [0.05, 0.1) is 12.8 Å². The van der Waals surface area contributed by atoms with Crippen LogP contribution in [0, 0.1) is 6.92 Å². The maximum atomic E-state index is 12.6. The van der Waals surface area contributed by atoms with Crippen LogP contribution in [0.4, 0.5) is 5.69 Å². The summed E-state index contributed by atoms with van der Waals surface area (Å²) in [6.07, 6.45) is 0.591. The van der Waals surface area contributed by atoms with E-state index in [0.717, 1.165) is 10.4 Å². The Hall–Kier alpha value is -2.06. The Balaban J connectivity index is 2.15. The summed E-state index contributed by atoms with van der Waals surface area (Å²) < 4.78 is 33.1. The molecule has 0 saturated heterocycles. The third-order valence-corrected chi connectivity index (χ3v) is 6.25. The number of hydrogen-bond acceptors (Lipinski definition) is 5. The number of sulfonamides is 1. The van der Waals surface area contributed by atoms with E-state index in [1.54, 1.807) is 24.3 Å². The van der Waals surface area contributed by atoms with Crippen LogP contribution in [0.1, 0.15) is 17.4 Å². The number of nitrogens with one attached hydrogen (secondary N) is 2. The summed E-state index contributed by atoms with van der Waals surface area (Å²) >= 11 is 1.19. The van der Waals surface area contributed by atoms with Gasteiger partial charge in [0.1, 0.15) is 9.96 Å². The van der Waals surface area contributed by atoms with Crippen molar-refractivity contribution in [2.45, 2.75) is 24.5 Å². The Morgan fingerprint density at radius 1 is 1.25 bits per heavy atom. The molecule has 1 aromatic carbocycles. The average Bonchev–Trinajstić information content (AvgIpc) is 2.96. The fraction of sp³-hybridized carbons (Fsp3) is 0.312. The first-order valence-corrected chi connectivity index (χ1v) is 9.62. The van der Waals surface area contributed by atoms with E-state index in [2.05, 4.69) is 10.0 Å². The highest BCUT2D eigenvalue weighted by molar-refractivity contribution is 7.94. The van der Waals surface area contributed by atoms with Gasteiger partial charge in [0.2, 0.25) is 5.91 Å². The number of anilines is 1. The van der Waals surface area contributed by atoms with Gasteiger partial charge in [-0.3, -0.25) is 9.52 Å². The number of ether oxygens (including phenoxy) is 1. The molecule has 2 N–H and O–H groups in total. The van der Waals surface area contributed by atoms with Crippen LogP contribution in [0.25, 0.3) is 0 Å². The number of amides is 1. The molecule has 0 fully saturated rings. The number of carbonyl (C=O) groups excluding carboxylic acids is 1. The monoisotopic (exact) mass is 368 g/mol. The first-order chi connectivity index (χ1) is 11.3. The highest BCUT2D eigenvalue weighted by Gasteiger charge is 2.19. The lowest BCUT2D eigenvalue weighted by atomic mass is 10.2. The largest absolute Gasteiger partial charge is 0.495 e. The van der Waals surface area contributed by atoms with Gasteiger partial charge < -0.3 is 10.1 Å². The topological polar surface area (TPSA) is 84.5 Å². The van der Waals surface area contributed by atoms with Crippen LogP contribution in [0.15, 0.2) is 34.5 Å². The van der Waals surface area contributed by atoms with Gasteiger partial charge >= 0.3 is 0 Å². The van der Waals surface area contributed by atoms with E-state index in [4.69, 9.17) is 4.74 Å². The van der Waals surface area contributed by atoms with Crippen LogP contribution in [0.2, 0.25) is 0 Å². The van der Waals surface area contributed by atoms with Crippen molar-refractivity contribution in [3.8, 4) is 5.75 Å². The van der Waals surface area contributed by atoms with Crippen LogP contribution < -0.4 is 14.8 Å². The molecule has 1 amide bonds. The fourth-order valence-corrected chi connectivity index (χ4v) is 4.51. The van der Waals surface area contributed by atoms with Gasteiger partial charge in [-0.05, 0) is 43.2 Å². The second-order valence-corrected chi connectivity index (χ2v) is 8.34. The highest BCUT2D eigenvalue weighted by Crippen LogP contribution is 2.30. The molecule has 24 heavy (non-hydrogen) atoms. The molecule has 0 spiro atoms. The molecule has 1 heterocycles. The smallest absolute Gasteiger partial charge is 0.271 e. The van der Waals surface area contributed by atoms with Crippen LogP contribution in [0.3, 0.4) is 0 Å². The third kappa shape index (κ3) is 4.72. The molecule has 8 heteroatoms. The van der Waals surface area contributed by atoms with E-state index in [1.165, 1.54) is 25.4 Å². The van der Waals surface area contributed by atoms with Crippen LogP contribution in [-0.4, -0.2) is 28.0 Å². The molecule has 130 valence electrons. The maximum Gasteiger partial charge on any atom is 0.271 e. The summed E-state index contributed by atoms with van der Waals surface area (Å²) in [7, 11) is -2.19. The molecule has 2 aromatic rings. The van der Waals surface area contributed by atoms with Crippen molar-refractivity contribution in [3.05, 3.63) is 40.8 Å². The third-order valence-electron chi connectivity index (χ3n) is 3.25. The van der Waals surface area contributed by atoms with E-state index in [9.17, 15) is 13.2 Å². The van der Waals surface area contributed by atoms with Gasteiger partial charge in [0, 0.05) is 18.3 Å². The standard InChI is InChI=1S/C16H20N2O4S2/c1-11-4-6-15(22-3)14(10-11)18-24(20,21)16-7-5-13(23-16)8-9-17-12(2)19/h4-7,10,18H,8-9H2,1-3H3,(H,17,19). The predicted molar refractivity (Wildman–Crippen MR) is 95.2 cm³/mol. The Bertz CT molecular complexity index is 828. The number of hydrogen-bond donors (Lipinski definition) is 2. The minimum absolute atomic E-state index is 0.104. The molecule has 0 bridgehead atoms. The van der Waals surface area contributed by atoms with E-state index < -0.39 is 10.0 Å². The van der Waals surface area contributed by atoms with Gasteiger partial charge in [-0.2, -0.15) is 0 Å². The molecule has 6 nitrogen and oxygen atoms in total. The normalized spacial score (nSPS) is 11.1. The molecule has 0 aliphatic rings. The second kappa shape index (κ2) is 7.67. The summed E-state index contributed by atoms with van der Waals surface area (Å²) in [6.45, 7) is 3.81. The van der Waals surface area contributed by atoms with E-state index >= 15 is 0 Å². The first-order valence-electron chi connectivity index (χ1n) is 7.32. The minimum atomic E-state index is -3.68. The fourth-order valence-electron chi connectivity index (χ4n) is 2.10. The summed E-state index contributed by atoms with van der Waals surface area (Å²) in [4.78, 5) is 11.8. The van der Waals surface area contributed by atoms with E-state index in [0.29, 0.717) is 24.4 Å². The molecule has 0 saturated carbocycles. The predicted octanol–water partition coefficient (Wildman–Crippen LogP) is 2.54. The van der Waals surface area contributed by atoms with Gasteiger partial charge in [0.15, 0.2) is 0 Å². The van der Waals surface area contributed by atoms with Crippen molar-refractivity contribution in [1.29, 1.82) is 0 Å². The van der Waals surface area contributed by atoms with Crippen molar-refractivity contribution in [2.24, 2.45) is 0 Å². The van der Waals surface area contributed by atoms with Crippen molar-refractivity contribution in [3.63, 3.8) is 0 Å². The first kappa shape index (κ1) is 18.3. The molecule has 0 radical (unpaired) electrons. The minimum Gasteiger partial charge on any atom is -0.495 e. The molecule has 0 unspecified atom stereocenters. The lowest BCUT2D eigenvalue weighted by molar-refractivity contribution is -0.118. The number of benzene rings is 1. The molecule has 0 atom stereocenters. The summed E-state index contributed by atoms with van der Waals surface area (Å²) in [6, 6.07) is 8.62. The lowest BCUT2D eigenvalue weighted by Gasteiger charge is -2.11. The van der Waals surface area contributed by atoms with E-state index in [1.807, 2.05) is 13.0 Å². The van der Waals surface area contributed by atoms with Gasteiger partial charge in [-0.25, -0.2) is 8.42 Å². The summed E-state index contributed by atoms with van der Waals surface area (Å²) in [5.74, 6) is 0.360. The maximum absolute atomic E-state index is 12.6. The zero-order valence-electron chi connectivity index (χ0n) is 13.8. The van der Waals surface area contributed by atoms with Gasteiger partial charge in [-0.1, -0.05) is 6.07 Å². The zero-order valence-corrected chi connectivity index (χ0v) is 15.4. The Labute approximate surface area is 145 Å². The number of aryl methyl sites for hydroxylation is 1. The van der Waals surface area contributed by atoms with Crippen LogP contribution in [0.5, 0.6) is 5.75 Å². The highest BCUT2D eigenvalue weighted by atomic mass is 32.2. The van der Waals surface area contributed by atoms with Crippen LogP contribution >= 0.6 is 11.3 Å².